The van der Waals surface area contributed by atoms with Gasteiger partial charge in [-0.15, -0.1) is 22.7 Å². The van der Waals surface area contributed by atoms with Gasteiger partial charge in [0.2, 0.25) is 5.91 Å². The van der Waals surface area contributed by atoms with E-state index >= 15 is 0 Å². The average molecular weight is 428 g/mol. The Labute approximate surface area is 152 Å². The lowest BCUT2D eigenvalue weighted by molar-refractivity contribution is -0.119. The first-order valence-corrected chi connectivity index (χ1v) is 9.86. The van der Waals surface area contributed by atoms with Crippen molar-refractivity contribution in [1.29, 1.82) is 0 Å². The van der Waals surface area contributed by atoms with Crippen molar-refractivity contribution in [3.05, 3.63) is 45.1 Å². The number of aromatic nitrogens is 1. The number of halogens is 1. The first-order valence-electron chi connectivity index (χ1n) is 6.45. The van der Waals surface area contributed by atoms with Gasteiger partial charge in [0.1, 0.15) is 0 Å². The summed E-state index contributed by atoms with van der Waals surface area (Å²) in [4.78, 5) is 28.6. The molecule has 0 aliphatic carbocycles. The van der Waals surface area contributed by atoms with Crippen molar-refractivity contribution in [2.45, 2.75) is 4.34 Å². The summed E-state index contributed by atoms with van der Waals surface area (Å²) >= 11 is 7.48. The number of hydrogen-bond donors (Lipinski definition) is 2. The molecular weight excluding hydrogens is 418 g/mol. The average Bonchev–Trinajstić information content (AvgIpc) is 3.16. The Kier molecular flexibility index (Phi) is 5.31. The normalized spacial score (nSPS) is 10.7. The molecule has 9 heteroatoms. The Hall–Kier alpha value is -1.42. The smallest absolute Gasteiger partial charge is 0.272 e. The Morgan fingerprint density at radius 1 is 1.13 bits per heavy atom. The van der Waals surface area contributed by atoms with Gasteiger partial charge in [0.15, 0.2) is 4.34 Å². The predicted octanol–water partition coefficient (Wildman–Crippen LogP) is 3.67. The van der Waals surface area contributed by atoms with Crippen LogP contribution in [0.1, 0.15) is 9.67 Å². The molecule has 2 amide bonds. The molecule has 0 saturated carbocycles. The van der Waals surface area contributed by atoms with Crippen LogP contribution in [0.2, 0.25) is 0 Å². The molecule has 23 heavy (non-hydrogen) atoms. The molecule has 0 spiro atoms. The Balaban J connectivity index is 1.48. The zero-order chi connectivity index (χ0) is 16.2. The standard InChI is InChI=1S/C14H10BrN3O2S3/c15-11-6-5-10(22-11)13(20)18-17-12(19)7-21-14-16-8-3-1-2-4-9(8)23-14/h1-6H,7H2,(H,17,19)(H,18,20). The summed E-state index contributed by atoms with van der Waals surface area (Å²) in [5.74, 6) is -0.425. The van der Waals surface area contributed by atoms with Gasteiger partial charge in [-0.05, 0) is 40.2 Å². The second-order valence-corrected chi connectivity index (χ2v) is 9.06. The summed E-state index contributed by atoms with van der Waals surface area (Å²) in [6, 6.07) is 11.3. The van der Waals surface area contributed by atoms with Crippen LogP contribution in [0.5, 0.6) is 0 Å². The van der Waals surface area contributed by atoms with Crippen LogP contribution in [0.3, 0.4) is 0 Å². The van der Waals surface area contributed by atoms with Gasteiger partial charge >= 0.3 is 0 Å². The van der Waals surface area contributed by atoms with E-state index in [1.807, 2.05) is 24.3 Å². The van der Waals surface area contributed by atoms with Crippen molar-refractivity contribution in [2.75, 3.05) is 5.75 Å². The lowest BCUT2D eigenvalue weighted by Gasteiger charge is -2.05. The molecule has 2 aromatic heterocycles. The van der Waals surface area contributed by atoms with Gasteiger partial charge in [-0.1, -0.05) is 23.9 Å². The van der Waals surface area contributed by atoms with E-state index < -0.39 is 0 Å². The second kappa shape index (κ2) is 7.43. The summed E-state index contributed by atoms with van der Waals surface area (Å²) in [5.41, 5.74) is 5.73. The Morgan fingerprint density at radius 2 is 1.96 bits per heavy atom. The van der Waals surface area contributed by atoms with Crippen LogP contribution in [0.15, 0.2) is 44.5 Å². The Morgan fingerprint density at radius 3 is 2.70 bits per heavy atom. The summed E-state index contributed by atoms with van der Waals surface area (Å²) in [5, 5.41) is 0. The molecule has 1 aromatic carbocycles. The third kappa shape index (κ3) is 4.31. The molecule has 0 fully saturated rings. The highest BCUT2D eigenvalue weighted by atomic mass is 79.9. The van der Waals surface area contributed by atoms with E-state index in [4.69, 9.17) is 0 Å². The van der Waals surface area contributed by atoms with Crippen molar-refractivity contribution in [3.8, 4) is 0 Å². The minimum atomic E-state index is -0.334. The lowest BCUT2D eigenvalue weighted by Crippen LogP contribution is -2.42. The highest BCUT2D eigenvalue weighted by Gasteiger charge is 2.11. The molecular formula is C14H10BrN3O2S3. The number of hydrogen-bond acceptors (Lipinski definition) is 6. The van der Waals surface area contributed by atoms with Crippen molar-refractivity contribution in [1.82, 2.24) is 15.8 Å². The van der Waals surface area contributed by atoms with E-state index in [2.05, 4.69) is 31.8 Å². The van der Waals surface area contributed by atoms with E-state index in [9.17, 15) is 9.59 Å². The van der Waals surface area contributed by atoms with Crippen LogP contribution < -0.4 is 10.9 Å². The van der Waals surface area contributed by atoms with E-state index in [0.29, 0.717) is 4.88 Å². The van der Waals surface area contributed by atoms with Gasteiger partial charge in [0.05, 0.1) is 24.6 Å². The molecule has 0 aliphatic rings. The molecule has 5 nitrogen and oxygen atoms in total. The maximum absolute atomic E-state index is 11.8. The van der Waals surface area contributed by atoms with Crippen LogP contribution in [0, 0.1) is 0 Å². The summed E-state index contributed by atoms with van der Waals surface area (Å²) in [6.45, 7) is 0. The van der Waals surface area contributed by atoms with E-state index in [1.54, 1.807) is 23.5 Å². The van der Waals surface area contributed by atoms with Crippen LogP contribution in [-0.2, 0) is 4.79 Å². The van der Waals surface area contributed by atoms with Gasteiger partial charge in [0, 0.05) is 0 Å². The van der Waals surface area contributed by atoms with E-state index in [-0.39, 0.29) is 17.6 Å². The number of carbonyl (C=O) groups excluding carboxylic acids is 2. The number of para-hydroxylation sites is 1. The number of benzene rings is 1. The quantitative estimate of drug-likeness (QED) is 0.492. The fourth-order valence-electron chi connectivity index (χ4n) is 1.70. The van der Waals surface area contributed by atoms with Crippen LogP contribution in [0.4, 0.5) is 0 Å². The third-order valence-electron chi connectivity index (χ3n) is 2.71. The van der Waals surface area contributed by atoms with Crippen molar-refractivity contribution in [2.24, 2.45) is 0 Å². The number of nitrogens with one attached hydrogen (secondary N) is 2. The summed E-state index contributed by atoms with van der Waals surface area (Å²) < 4.78 is 2.78. The predicted molar refractivity (Wildman–Crippen MR) is 98.0 cm³/mol. The molecule has 0 aliphatic heterocycles. The maximum atomic E-state index is 11.8. The molecule has 2 N–H and O–H groups in total. The Bertz CT molecular complexity index is 829. The molecule has 2 heterocycles. The number of amides is 2. The third-order valence-corrected chi connectivity index (χ3v) is 6.52. The van der Waals surface area contributed by atoms with Gasteiger partial charge < -0.3 is 0 Å². The number of thiophene rings is 1. The van der Waals surface area contributed by atoms with Crippen molar-refractivity contribution >= 4 is 72.4 Å². The molecule has 3 aromatic rings. The number of nitrogens with zero attached hydrogens (tertiary/aromatic N) is 1. The van der Waals surface area contributed by atoms with Crippen LogP contribution in [-0.4, -0.2) is 22.6 Å². The fourth-order valence-corrected chi connectivity index (χ4v) is 4.85. The van der Waals surface area contributed by atoms with Gasteiger partial charge in [0.25, 0.3) is 5.91 Å². The number of carbonyl (C=O) groups is 2. The highest BCUT2D eigenvalue weighted by molar-refractivity contribution is 9.11. The molecule has 0 unspecified atom stereocenters. The van der Waals surface area contributed by atoms with Gasteiger partial charge in [-0.25, -0.2) is 4.98 Å². The van der Waals surface area contributed by atoms with E-state index in [0.717, 1.165) is 18.3 Å². The largest absolute Gasteiger partial charge is 0.279 e. The number of fused-ring (bicyclic) bond motifs is 1. The molecule has 0 radical (unpaired) electrons. The molecule has 0 saturated heterocycles. The molecule has 0 bridgehead atoms. The van der Waals surface area contributed by atoms with Crippen molar-refractivity contribution < 1.29 is 9.59 Å². The molecule has 3 rings (SSSR count). The first kappa shape index (κ1) is 16.4. The number of rotatable bonds is 4. The monoisotopic (exact) mass is 427 g/mol. The minimum Gasteiger partial charge on any atom is -0.272 e. The highest BCUT2D eigenvalue weighted by Crippen LogP contribution is 2.29. The lowest BCUT2D eigenvalue weighted by atomic mass is 10.3. The maximum Gasteiger partial charge on any atom is 0.279 e. The number of hydrazine groups is 1. The zero-order valence-corrected chi connectivity index (χ0v) is 15.6. The fraction of sp³-hybridized carbons (Fsp3) is 0.0714. The number of thiazole rings is 1. The van der Waals surface area contributed by atoms with Crippen LogP contribution >= 0.6 is 50.4 Å². The van der Waals surface area contributed by atoms with Crippen molar-refractivity contribution in [3.63, 3.8) is 0 Å². The SMILES string of the molecule is O=C(CSc1nc2ccccc2s1)NNC(=O)c1ccc(Br)s1. The van der Waals surface area contributed by atoms with Crippen LogP contribution in [0.25, 0.3) is 10.2 Å². The minimum absolute atomic E-state index is 0.189. The first-order chi connectivity index (χ1) is 11.1. The van der Waals surface area contributed by atoms with Gasteiger partial charge in [-0.3, -0.25) is 20.4 Å². The topological polar surface area (TPSA) is 71.1 Å². The van der Waals surface area contributed by atoms with Gasteiger partial charge in [-0.2, -0.15) is 0 Å². The summed E-state index contributed by atoms with van der Waals surface area (Å²) in [7, 11) is 0. The summed E-state index contributed by atoms with van der Waals surface area (Å²) in [6.07, 6.45) is 0. The molecule has 0 atom stereocenters. The molecule has 118 valence electrons. The van der Waals surface area contributed by atoms with E-state index in [1.165, 1.54) is 23.1 Å². The zero-order valence-electron chi connectivity index (χ0n) is 11.5. The number of thioether (sulfide) groups is 1. The second-order valence-electron chi connectivity index (χ2n) is 4.34.